The lowest BCUT2D eigenvalue weighted by Gasteiger charge is -2.23. The Labute approximate surface area is 75.4 Å². The van der Waals surface area contributed by atoms with Gasteiger partial charge >= 0.3 is 0 Å². The van der Waals surface area contributed by atoms with Crippen molar-refractivity contribution in [2.75, 3.05) is 0 Å². The van der Waals surface area contributed by atoms with Gasteiger partial charge in [0.05, 0.1) is 6.10 Å². The summed E-state index contributed by atoms with van der Waals surface area (Å²) in [6, 6.07) is 0.829. The topological polar surface area (TPSA) is 32.3 Å². The minimum absolute atomic E-state index is 0.116. The van der Waals surface area contributed by atoms with Gasteiger partial charge in [-0.1, -0.05) is 33.1 Å². The first-order valence-electron chi connectivity index (χ1n) is 5.14. The predicted octanol–water partition coefficient (Wildman–Crippen LogP) is 1.68. The Balaban J connectivity index is 2.36. The molecule has 0 radical (unpaired) electrons. The van der Waals surface area contributed by atoms with Gasteiger partial charge in [0.2, 0.25) is 0 Å². The van der Waals surface area contributed by atoms with E-state index in [2.05, 4.69) is 19.2 Å². The summed E-state index contributed by atoms with van der Waals surface area (Å²) in [6.07, 6.45) is 5.74. The second kappa shape index (κ2) is 4.83. The molecule has 2 heteroatoms. The van der Waals surface area contributed by atoms with Crippen molar-refractivity contribution in [1.29, 1.82) is 0 Å². The second-order valence-corrected chi connectivity index (χ2v) is 4.13. The maximum atomic E-state index is 9.74. The molecule has 0 bridgehead atoms. The number of hydrogen-bond acceptors (Lipinski definition) is 2. The standard InChI is InChI=1S/C10H21NO/c1-8(2)11-9-6-4-3-5-7-10(9)12/h8-12H,3-7H2,1-2H3/t9-,10-/m0/s1. The summed E-state index contributed by atoms with van der Waals surface area (Å²) >= 11 is 0. The molecule has 2 nitrogen and oxygen atoms in total. The Kier molecular flexibility index (Phi) is 4.02. The van der Waals surface area contributed by atoms with E-state index in [-0.39, 0.29) is 6.10 Å². The summed E-state index contributed by atoms with van der Waals surface area (Å²) < 4.78 is 0. The van der Waals surface area contributed by atoms with Crippen LogP contribution in [0, 0.1) is 0 Å². The summed E-state index contributed by atoms with van der Waals surface area (Å²) in [6.45, 7) is 4.27. The second-order valence-electron chi connectivity index (χ2n) is 4.13. The van der Waals surface area contributed by atoms with Gasteiger partial charge in [0, 0.05) is 12.1 Å². The van der Waals surface area contributed by atoms with Crippen molar-refractivity contribution in [3.8, 4) is 0 Å². The van der Waals surface area contributed by atoms with E-state index in [1.54, 1.807) is 0 Å². The molecule has 1 aliphatic carbocycles. The van der Waals surface area contributed by atoms with Crippen molar-refractivity contribution in [1.82, 2.24) is 5.32 Å². The van der Waals surface area contributed by atoms with E-state index >= 15 is 0 Å². The van der Waals surface area contributed by atoms with Crippen molar-refractivity contribution < 1.29 is 5.11 Å². The van der Waals surface area contributed by atoms with Crippen LogP contribution in [0.4, 0.5) is 0 Å². The van der Waals surface area contributed by atoms with Crippen LogP contribution in [-0.2, 0) is 0 Å². The molecule has 12 heavy (non-hydrogen) atoms. The largest absolute Gasteiger partial charge is 0.392 e. The van der Waals surface area contributed by atoms with E-state index in [9.17, 15) is 5.11 Å². The van der Waals surface area contributed by atoms with E-state index in [0.717, 1.165) is 12.8 Å². The molecular weight excluding hydrogens is 150 g/mol. The summed E-state index contributed by atoms with van der Waals surface area (Å²) in [5, 5.41) is 13.2. The van der Waals surface area contributed by atoms with Crippen LogP contribution in [0.1, 0.15) is 46.0 Å². The van der Waals surface area contributed by atoms with E-state index in [4.69, 9.17) is 0 Å². The van der Waals surface area contributed by atoms with Gasteiger partial charge in [-0.3, -0.25) is 0 Å². The van der Waals surface area contributed by atoms with Gasteiger partial charge in [-0.2, -0.15) is 0 Å². The Bertz CT molecular complexity index is 125. The SMILES string of the molecule is CC(C)N[C@H]1CCCCC[C@@H]1O. The van der Waals surface area contributed by atoms with Crippen LogP contribution >= 0.6 is 0 Å². The lowest BCUT2D eigenvalue weighted by molar-refractivity contribution is 0.116. The molecule has 0 aromatic carbocycles. The Morgan fingerprint density at radius 1 is 1.17 bits per heavy atom. The molecule has 0 saturated heterocycles. The number of aliphatic hydroxyl groups excluding tert-OH is 1. The van der Waals surface area contributed by atoms with E-state index in [0.29, 0.717) is 12.1 Å². The Hall–Kier alpha value is -0.0800. The predicted molar refractivity (Wildman–Crippen MR) is 51.2 cm³/mol. The van der Waals surface area contributed by atoms with E-state index < -0.39 is 0 Å². The molecule has 0 aromatic heterocycles. The Morgan fingerprint density at radius 2 is 1.83 bits per heavy atom. The fourth-order valence-electron chi connectivity index (χ4n) is 1.91. The zero-order valence-corrected chi connectivity index (χ0v) is 8.21. The molecule has 1 fully saturated rings. The highest BCUT2D eigenvalue weighted by Gasteiger charge is 2.21. The number of nitrogens with one attached hydrogen (secondary N) is 1. The van der Waals surface area contributed by atoms with Crippen LogP contribution in [0.5, 0.6) is 0 Å². The minimum atomic E-state index is -0.116. The molecule has 2 atom stereocenters. The Morgan fingerprint density at radius 3 is 2.50 bits per heavy atom. The molecule has 0 amide bonds. The van der Waals surface area contributed by atoms with E-state index in [1.807, 2.05) is 0 Å². The minimum Gasteiger partial charge on any atom is -0.392 e. The first-order valence-corrected chi connectivity index (χ1v) is 5.14. The molecule has 0 heterocycles. The molecule has 1 aliphatic rings. The van der Waals surface area contributed by atoms with Crippen LogP contribution in [0.25, 0.3) is 0 Å². The van der Waals surface area contributed by atoms with E-state index in [1.165, 1.54) is 19.3 Å². The van der Waals surface area contributed by atoms with Crippen LogP contribution in [0.3, 0.4) is 0 Å². The molecule has 1 saturated carbocycles. The average Bonchev–Trinajstić information content (AvgIpc) is 2.16. The van der Waals surface area contributed by atoms with Gasteiger partial charge in [0.1, 0.15) is 0 Å². The van der Waals surface area contributed by atoms with Crippen molar-refractivity contribution in [3.63, 3.8) is 0 Å². The monoisotopic (exact) mass is 171 g/mol. The zero-order valence-electron chi connectivity index (χ0n) is 8.21. The van der Waals surface area contributed by atoms with Gasteiger partial charge in [-0.05, 0) is 12.8 Å². The molecule has 0 aliphatic heterocycles. The molecule has 2 N–H and O–H groups in total. The number of hydrogen-bond donors (Lipinski definition) is 2. The molecule has 1 rings (SSSR count). The van der Waals surface area contributed by atoms with Crippen LogP contribution in [0.15, 0.2) is 0 Å². The molecule has 72 valence electrons. The van der Waals surface area contributed by atoms with Crippen LogP contribution in [-0.4, -0.2) is 23.3 Å². The highest BCUT2D eigenvalue weighted by molar-refractivity contribution is 4.79. The first-order chi connectivity index (χ1) is 5.70. The lowest BCUT2D eigenvalue weighted by Crippen LogP contribution is -2.42. The van der Waals surface area contributed by atoms with Crippen molar-refractivity contribution >= 4 is 0 Å². The summed E-state index contributed by atoms with van der Waals surface area (Å²) in [5.74, 6) is 0. The summed E-state index contributed by atoms with van der Waals surface area (Å²) in [5.41, 5.74) is 0. The molecule has 0 unspecified atom stereocenters. The van der Waals surface area contributed by atoms with Crippen LogP contribution in [0.2, 0.25) is 0 Å². The summed E-state index contributed by atoms with van der Waals surface area (Å²) in [7, 11) is 0. The third kappa shape index (κ3) is 3.11. The average molecular weight is 171 g/mol. The lowest BCUT2D eigenvalue weighted by atomic mass is 10.1. The van der Waals surface area contributed by atoms with Crippen molar-refractivity contribution in [2.45, 2.75) is 64.1 Å². The fourth-order valence-corrected chi connectivity index (χ4v) is 1.91. The van der Waals surface area contributed by atoms with Gasteiger partial charge in [-0.25, -0.2) is 0 Å². The molecular formula is C10H21NO. The van der Waals surface area contributed by atoms with Crippen LogP contribution < -0.4 is 5.32 Å². The van der Waals surface area contributed by atoms with Gasteiger partial charge < -0.3 is 10.4 Å². The normalized spacial score (nSPS) is 32.0. The van der Waals surface area contributed by atoms with Crippen molar-refractivity contribution in [3.05, 3.63) is 0 Å². The maximum absolute atomic E-state index is 9.74. The van der Waals surface area contributed by atoms with Gasteiger partial charge in [0.15, 0.2) is 0 Å². The van der Waals surface area contributed by atoms with Gasteiger partial charge in [-0.15, -0.1) is 0 Å². The van der Waals surface area contributed by atoms with Gasteiger partial charge in [0.25, 0.3) is 0 Å². The third-order valence-electron chi connectivity index (χ3n) is 2.53. The number of aliphatic hydroxyl groups is 1. The maximum Gasteiger partial charge on any atom is 0.0693 e. The highest BCUT2D eigenvalue weighted by atomic mass is 16.3. The molecule has 0 aromatic rings. The first kappa shape index (κ1) is 10.0. The third-order valence-corrected chi connectivity index (χ3v) is 2.53. The smallest absolute Gasteiger partial charge is 0.0693 e. The zero-order chi connectivity index (χ0) is 8.97. The fraction of sp³-hybridized carbons (Fsp3) is 1.00. The van der Waals surface area contributed by atoms with Crippen molar-refractivity contribution in [2.24, 2.45) is 0 Å². The quantitative estimate of drug-likeness (QED) is 0.620. The highest BCUT2D eigenvalue weighted by Crippen LogP contribution is 2.18. The molecule has 0 spiro atoms. The number of rotatable bonds is 2. The summed E-state index contributed by atoms with van der Waals surface area (Å²) in [4.78, 5) is 0.